The highest BCUT2D eigenvalue weighted by atomic mass is 19.4. The summed E-state index contributed by atoms with van der Waals surface area (Å²) in [5.74, 6) is -2.48. The van der Waals surface area contributed by atoms with Gasteiger partial charge in [-0.1, -0.05) is 0 Å². The molecule has 0 radical (unpaired) electrons. The lowest BCUT2D eigenvalue weighted by atomic mass is 9.86. The van der Waals surface area contributed by atoms with E-state index in [1.807, 2.05) is 0 Å². The maximum Gasteiger partial charge on any atom is 0.419 e. The van der Waals surface area contributed by atoms with Gasteiger partial charge in [0.05, 0.1) is 11.3 Å². The van der Waals surface area contributed by atoms with Crippen molar-refractivity contribution in [1.82, 2.24) is 24.5 Å². The number of rotatable bonds is 3. The van der Waals surface area contributed by atoms with E-state index in [1.165, 1.54) is 21.8 Å². The van der Waals surface area contributed by atoms with Crippen molar-refractivity contribution < 1.29 is 31.1 Å². The van der Waals surface area contributed by atoms with Crippen LogP contribution in [-0.4, -0.2) is 42.5 Å². The van der Waals surface area contributed by atoms with Crippen molar-refractivity contribution in [2.24, 2.45) is 0 Å². The van der Waals surface area contributed by atoms with Gasteiger partial charge in [0.25, 0.3) is 18.1 Å². The van der Waals surface area contributed by atoms with Gasteiger partial charge < -0.3 is 4.90 Å². The second-order valence-corrected chi connectivity index (χ2v) is 8.27. The van der Waals surface area contributed by atoms with E-state index in [0.717, 1.165) is 6.07 Å². The summed E-state index contributed by atoms with van der Waals surface area (Å²) in [4.78, 5) is 22.5. The third-order valence-electron chi connectivity index (χ3n) is 6.48. The lowest BCUT2D eigenvalue weighted by molar-refractivity contribution is -0.140. The van der Waals surface area contributed by atoms with Crippen molar-refractivity contribution in [1.29, 1.82) is 0 Å². The van der Waals surface area contributed by atoms with Gasteiger partial charge in [0, 0.05) is 23.6 Å². The van der Waals surface area contributed by atoms with Crippen molar-refractivity contribution >= 4 is 11.7 Å². The molecule has 5 rings (SSSR count). The molecule has 12 heteroatoms. The Balaban J connectivity index is 1.53. The van der Waals surface area contributed by atoms with Crippen LogP contribution in [0.2, 0.25) is 0 Å². The Kier molecular flexibility index (Phi) is 5.05. The van der Waals surface area contributed by atoms with Crippen molar-refractivity contribution in [3.05, 3.63) is 58.9 Å². The number of benzene rings is 1. The van der Waals surface area contributed by atoms with E-state index in [1.54, 1.807) is 0 Å². The van der Waals surface area contributed by atoms with Gasteiger partial charge in [-0.2, -0.15) is 23.3 Å². The summed E-state index contributed by atoms with van der Waals surface area (Å²) < 4.78 is 81.4. The predicted octanol–water partition coefficient (Wildman–Crippen LogP) is 4.77. The van der Waals surface area contributed by atoms with Crippen LogP contribution >= 0.6 is 0 Å². The zero-order valence-corrected chi connectivity index (χ0v) is 16.9. The number of nitrogens with zero attached hydrogens (tertiary/aromatic N) is 5. The number of fused-ring (bicyclic) bond motifs is 3. The molecular weight excluding hydrogens is 452 g/mol. The number of aromatic nitrogens is 4. The molecule has 2 bridgehead atoms. The van der Waals surface area contributed by atoms with Gasteiger partial charge in [-0.3, -0.25) is 4.79 Å². The Bertz CT molecular complexity index is 1230. The van der Waals surface area contributed by atoms with Gasteiger partial charge in [0.1, 0.15) is 17.8 Å². The quantitative estimate of drug-likeness (QED) is 0.519. The third-order valence-corrected chi connectivity index (χ3v) is 6.48. The fourth-order valence-corrected chi connectivity index (χ4v) is 5.07. The number of halogens is 6. The Labute approximate surface area is 183 Å². The minimum atomic E-state index is -4.94. The fourth-order valence-electron chi connectivity index (χ4n) is 5.07. The van der Waals surface area contributed by atoms with Crippen molar-refractivity contribution in [3.63, 3.8) is 0 Å². The molecule has 4 heterocycles. The van der Waals surface area contributed by atoms with Crippen LogP contribution in [-0.2, 0) is 6.18 Å². The molecule has 2 aromatic heterocycles. The average Bonchev–Trinajstić information content (AvgIpc) is 3.35. The van der Waals surface area contributed by atoms with Crippen LogP contribution in [0.4, 0.5) is 26.3 Å². The topological polar surface area (TPSA) is 63.4 Å². The number of hydrogen-bond acceptors (Lipinski definition) is 4. The number of hydrogen-bond donors (Lipinski definition) is 0. The smallest absolute Gasteiger partial charge is 0.332 e. The Hall–Kier alpha value is -3.18. The maximum atomic E-state index is 13.7. The summed E-state index contributed by atoms with van der Waals surface area (Å²) in [6, 6.07) is 2.82. The zero-order chi connectivity index (χ0) is 23.5. The van der Waals surface area contributed by atoms with Crippen molar-refractivity contribution in [2.45, 2.75) is 56.3 Å². The molecule has 1 aromatic carbocycles. The first-order valence-electron chi connectivity index (χ1n) is 10.3. The molecule has 6 nitrogen and oxygen atoms in total. The van der Waals surface area contributed by atoms with Crippen LogP contribution in [0, 0.1) is 5.82 Å². The maximum absolute atomic E-state index is 13.7. The Morgan fingerprint density at radius 2 is 1.85 bits per heavy atom. The summed E-state index contributed by atoms with van der Waals surface area (Å²) in [6.07, 6.45) is -4.26. The number of amides is 1. The Morgan fingerprint density at radius 1 is 1.09 bits per heavy atom. The third kappa shape index (κ3) is 3.61. The molecule has 3 atom stereocenters. The summed E-state index contributed by atoms with van der Waals surface area (Å²) >= 11 is 0. The summed E-state index contributed by atoms with van der Waals surface area (Å²) in [5.41, 5.74) is -1.81. The van der Waals surface area contributed by atoms with Gasteiger partial charge in [0.15, 0.2) is 0 Å². The SMILES string of the molecule is O=C(c1ccc(F)c(C(F)(F)F)c1)N1[C@H]2CC[C@H](c3cc(C(F)F)nc4ncnn34)[C@@H]1CC2. The second-order valence-electron chi connectivity index (χ2n) is 8.27. The first kappa shape index (κ1) is 21.7. The first-order valence-corrected chi connectivity index (χ1v) is 10.3. The molecule has 1 amide bonds. The van der Waals surface area contributed by atoms with E-state index in [-0.39, 0.29) is 23.3 Å². The number of carbonyl (C=O) groups excluding carboxylic acids is 1. The van der Waals surface area contributed by atoms with Gasteiger partial charge in [-0.15, -0.1) is 0 Å². The van der Waals surface area contributed by atoms with E-state index in [2.05, 4.69) is 15.1 Å². The van der Waals surface area contributed by atoms with Crippen molar-refractivity contribution in [3.8, 4) is 0 Å². The van der Waals surface area contributed by atoms with Gasteiger partial charge in [-0.05, 0) is 49.9 Å². The van der Waals surface area contributed by atoms with E-state index >= 15 is 0 Å². The minimum absolute atomic E-state index is 0.00847. The van der Waals surface area contributed by atoms with Gasteiger partial charge in [0.2, 0.25) is 0 Å². The molecule has 3 aromatic rings. The number of piperidine rings is 1. The monoisotopic (exact) mass is 469 g/mol. The molecule has 2 aliphatic rings. The van der Waals surface area contributed by atoms with Crippen LogP contribution < -0.4 is 0 Å². The molecule has 33 heavy (non-hydrogen) atoms. The highest BCUT2D eigenvalue weighted by molar-refractivity contribution is 5.95. The molecular formula is C21H17F6N5O. The molecule has 0 spiro atoms. The van der Waals surface area contributed by atoms with Gasteiger partial charge in [-0.25, -0.2) is 22.7 Å². The Morgan fingerprint density at radius 3 is 2.58 bits per heavy atom. The summed E-state index contributed by atoms with van der Waals surface area (Å²) in [5, 5.41) is 4.08. The van der Waals surface area contributed by atoms with E-state index < -0.39 is 41.6 Å². The van der Waals surface area contributed by atoms with Gasteiger partial charge >= 0.3 is 6.18 Å². The first-order chi connectivity index (χ1) is 15.6. The summed E-state index contributed by atoms with van der Waals surface area (Å²) in [6.45, 7) is 0. The number of carbonyl (C=O) groups is 1. The molecule has 2 fully saturated rings. The minimum Gasteiger partial charge on any atom is -0.332 e. The highest BCUT2D eigenvalue weighted by Crippen LogP contribution is 2.45. The normalized spacial score (nSPS) is 23.0. The predicted molar refractivity (Wildman–Crippen MR) is 102 cm³/mol. The number of alkyl halides is 5. The molecule has 0 unspecified atom stereocenters. The largest absolute Gasteiger partial charge is 0.419 e. The van der Waals surface area contributed by atoms with Crippen LogP contribution in [0.25, 0.3) is 5.78 Å². The van der Waals surface area contributed by atoms with Crippen LogP contribution in [0.15, 0.2) is 30.6 Å². The lowest BCUT2D eigenvalue weighted by Gasteiger charge is -2.40. The van der Waals surface area contributed by atoms with Crippen LogP contribution in [0.1, 0.15) is 65.3 Å². The van der Waals surface area contributed by atoms with Crippen LogP contribution in [0.3, 0.4) is 0 Å². The average molecular weight is 469 g/mol. The zero-order valence-electron chi connectivity index (χ0n) is 16.9. The van der Waals surface area contributed by atoms with E-state index in [0.29, 0.717) is 43.5 Å². The lowest BCUT2D eigenvalue weighted by Crippen LogP contribution is -2.47. The van der Waals surface area contributed by atoms with Crippen LogP contribution in [0.5, 0.6) is 0 Å². The standard InChI is InChI=1S/C21H17F6N5O/c22-14-5-1-10(7-13(14)21(25,26)27)19(33)31-11-2-4-12(16(31)6-3-11)17-8-15(18(23)24)30-20-28-9-29-32(17)20/h1,5,7-9,11-12,16,18H,2-4,6H2/t11-,12-,16-/m0/s1. The fraction of sp³-hybridized carbons (Fsp3) is 0.429. The van der Waals surface area contributed by atoms with Crippen molar-refractivity contribution in [2.75, 3.05) is 0 Å². The van der Waals surface area contributed by atoms with E-state index in [4.69, 9.17) is 0 Å². The molecule has 174 valence electrons. The highest BCUT2D eigenvalue weighted by Gasteiger charge is 2.47. The molecule has 0 aliphatic carbocycles. The second kappa shape index (κ2) is 7.70. The molecule has 2 saturated heterocycles. The molecule has 2 aliphatic heterocycles. The summed E-state index contributed by atoms with van der Waals surface area (Å²) in [7, 11) is 0. The molecule has 0 saturated carbocycles. The van der Waals surface area contributed by atoms with E-state index in [9.17, 15) is 31.1 Å². The molecule has 0 N–H and O–H groups in total.